The molecule has 10 heteroatoms. The van der Waals surface area contributed by atoms with Gasteiger partial charge in [0.1, 0.15) is 10.4 Å². The van der Waals surface area contributed by atoms with E-state index < -0.39 is 7.12 Å². The molecule has 0 radical (unpaired) electrons. The quantitative estimate of drug-likeness (QED) is 0.600. The SMILES string of the molecule is CCn1cc(Cc2c(Br)nn(C)c2OC)cn1.C[C@H]1OB(O)c2ccc(F)cc21. The molecule has 0 aliphatic carbocycles. The van der Waals surface area contributed by atoms with Gasteiger partial charge in [-0.05, 0) is 58.5 Å². The van der Waals surface area contributed by atoms with Crippen molar-refractivity contribution < 1.29 is 18.8 Å². The van der Waals surface area contributed by atoms with E-state index >= 15 is 0 Å². The Morgan fingerprint density at radius 2 is 2.17 bits per heavy atom. The average molecular weight is 465 g/mol. The first kappa shape index (κ1) is 21.5. The molecule has 3 heterocycles. The number of halogens is 2. The number of fused-ring (bicyclic) bond motifs is 1. The third-order valence-electron chi connectivity index (χ3n) is 4.71. The molecule has 0 unspecified atom stereocenters. The van der Waals surface area contributed by atoms with Gasteiger partial charge in [0, 0.05) is 26.2 Å². The summed E-state index contributed by atoms with van der Waals surface area (Å²) in [7, 11) is 2.63. The van der Waals surface area contributed by atoms with Crippen LogP contribution < -0.4 is 10.2 Å². The summed E-state index contributed by atoms with van der Waals surface area (Å²) in [5.41, 5.74) is 3.61. The summed E-state index contributed by atoms with van der Waals surface area (Å²) >= 11 is 3.45. The monoisotopic (exact) mass is 464 g/mol. The van der Waals surface area contributed by atoms with Crippen LogP contribution >= 0.6 is 15.9 Å². The van der Waals surface area contributed by atoms with Gasteiger partial charge in [-0.25, -0.2) is 9.07 Å². The van der Waals surface area contributed by atoms with Crippen molar-refractivity contribution >= 4 is 28.5 Å². The van der Waals surface area contributed by atoms with Gasteiger partial charge in [-0.1, -0.05) is 6.07 Å². The minimum atomic E-state index is -0.893. The predicted molar refractivity (Wildman–Crippen MR) is 112 cm³/mol. The van der Waals surface area contributed by atoms with Crippen LogP contribution in [0.3, 0.4) is 0 Å². The van der Waals surface area contributed by atoms with Crippen LogP contribution in [0.25, 0.3) is 0 Å². The molecule has 7 nitrogen and oxygen atoms in total. The lowest BCUT2D eigenvalue weighted by molar-refractivity contribution is 0.208. The molecule has 0 fully saturated rings. The molecule has 1 aliphatic rings. The van der Waals surface area contributed by atoms with Crippen molar-refractivity contribution in [3.8, 4) is 5.88 Å². The number of aromatic nitrogens is 4. The van der Waals surface area contributed by atoms with Gasteiger partial charge >= 0.3 is 7.12 Å². The maximum atomic E-state index is 12.7. The first-order valence-corrected chi connectivity index (χ1v) is 10.0. The van der Waals surface area contributed by atoms with Crippen molar-refractivity contribution in [3.63, 3.8) is 0 Å². The summed E-state index contributed by atoms with van der Waals surface area (Å²) in [5, 5.41) is 17.8. The van der Waals surface area contributed by atoms with E-state index in [0.717, 1.165) is 40.1 Å². The van der Waals surface area contributed by atoms with Gasteiger partial charge in [-0.3, -0.25) is 4.68 Å². The van der Waals surface area contributed by atoms with Gasteiger partial charge < -0.3 is 14.4 Å². The van der Waals surface area contributed by atoms with Crippen LogP contribution in [-0.2, 0) is 24.7 Å². The number of nitrogens with zero attached hydrogens (tertiary/aromatic N) is 4. The Hall–Kier alpha value is -2.17. The molecular weight excluding hydrogens is 442 g/mol. The lowest BCUT2D eigenvalue weighted by Crippen LogP contribution is -2.27. The molecule has 0 saturated carbocycles. The average Bonchev–Trinajstić information content (AvgIpc) is 3.33. The van der Waals surface area contributed by atoms with Crippen LogP contribution in [0.15, 0.2) is 35.2 Å². The Balaban J connectivity index is 0.000000176. The van der Waals surface area contributed by atoms with E-state index in [9.17, 15) is 9.41 Å². The van der Waals surface area contributed by atoms with Gasteiger partial charge in [-0.15, -0.1) is 0 Å². The summed E-state index contributed by atoms with van der Waals surface area (Å²) in [6, 6.07) is 4.28. The highest BCUT2D eigenvalue weighted by atomic mass is 79.9. The van der Waals surface area contributed by atoms with Crippen LogP contribution in [0.1, 0.15) is 36.6 Å². The molecule has 0 bridgehead atoms. The van der Waals surface area contributed by atoms with E-state index in [0.29, 0.717) is 5.46 Å². The molecule has 29 heavy (non-hydrogen) atoms. The largest absolute Gasteiger partial charge is 0.491 e. The topological polar surface area (TPSA) is 74.3 Å². The van der Waals surface area contributed by atoms with E-state index in [-0.39, 0.29) is 11.9 Å². The summed E-state index contributed by atoms with van der Waals surface area (Å²) in [5.74, 6) is 0.486. The highest BCUT2D eigenvalue weighted by Gasteiger charge is 2.32. The van der Waals surface area contributed by atoms with Gasteiger partial charge in [0.2, 0.25) is 5.88 Å². The Bertz CT molecular complexity index is 994. The van der Waals surface area contributed by atoms with Crippen molar-refractivity contribution in [2.75, 3.05) is 7.11 Å². The van der Waals surface area contributed by atoms with Crippen molar-refractivity contribution in [1.29, 1.82) is 0 Å². The maximum absolute atomic E-state index is 12.7. The van der Waals surface area contributed by atoms with Crippen LogP contribution in [0.4, 0.5) is 4.39 Å². The highest BCUT2D eigenvalue weighted by molar-refractivity contribution is 9.10. The summed E-state index contributed by atoms with van der Waals surface area (Å²) in [6.45, 7) is 4.73. The summed E-state index contributed by atoms with van der Waals surface area (Å²) in [6.07, 6.45) is 4.46. The molecular formula is C19H23BBrFN4O3. The molecule has 154 valence electrons. The molecule has 0 saturated heterocycles. The van der Waals surface area contributed by atoms with Crippen molar-refractivity contribution in [1.82, 2.24) is 19.6 Å². The smallest absolute Gasteiger partial charge is 0.481 e. The first-order valence-electron chi connectivity index (χ1n) is 9.23. The molecule has 1 aliphatic heterocycles. The van der Waals surface area contributed by atoms with Gasteiger partial charge in [0.05, 0.1) is 25.0 Å². The molecule has 1 N–H and O–H groups in total. The molecule has 1 atom stereocenters. The number of ether oxygens (including phenoxy) is 1. The van der Waals surface area contributed by atoms with Crippen LogP contribution in [-0.4, -0.2) is 38.8 Å². The lowest BCUT2D eigenvalue weighted by Gasteiger charge is -2.02. The van der Waals surface area contributed by atoms with Crippen molar-refractivity contribution in [2.24, 2.45) is 7.05 Å². The molecule has 2 aromatic heterocycles. The fourth-order valence-corrected chi connectivity index (χ4v) is 3.81. The van der Waals surface area contributed by atoms with Crippen molar-refractivity contribution in [3.05, 3.63) is 57.7 Å². The van der Waals surface area contributed by atoms with Crippen LogP contribution in [0, 0.1) is 5.82 Å². The number of aryl methyl sites for hydroxylation is 2. The fourth-order valence-electron chi connectivity index (χ4n) is 3.26. The second-order valence-electron chi connectivity index (χ2n) is 6.69. The lowest BCUT2D eigenvalue weighted by atomic mass is 9.79. The van der Waals surface area contributed by atoms with E-state index in [1.54, 1.807) is 24.8 Å². The van der Waals surface area contributed by atoms with E-state index in [4.69, 9.17) is 9.39 Å². The standard InChI is InChI=1S/C11H15BrN4O.C8H8BFO2/c1-4-16-7-8(6-13-16)5-9-10(12)14-15(2)11(9)17-3;1-5-7-4-6(10)2-3-8(7)9(11)12-5/h6-7H,4-5H2,1-3H3;2-5,11H,1H3/t;5-/m.1/s1. The van der Waals surface area contributed by atoms with Crippen LogP contribution in [0.5, 0.6) is 5.88 Å². The van der Waals surface area contributed by atoms with E-state index in [2.05, 4.69) is 33.1 Å². The molecule has 4 rings (SSSR count). The second-order valence-corrected chi connectivity index (χ2v) is 7.44. The fraction of sp³-hybridized carbons (Fsp3) is 0.368. The number of benzene rings is 1. The van der Waals surface area contributed by atoms with Gasteiger partial charge in [-0.2, -0.15) is 10.2 Å². The number of rotatable bonds is 4. The second kappa shape index (κ2) is 9.10. The van der Waals surface area contributed by atoms with Gasteiger partial charge in [0.25, 0.3) is 0 Å². The third kappa shape index (κ3) is 4.71. The molecule has 3 aromatic rings. The number of hydrogen-bond donors (Lipinski definition) is 1. The zero-order valence-corrected chi connectivity index (χ0v) is 18.4. The molecule has 0 amide bonds. The van der Waals surface area contributed by atoms with Gasteiger partial charge in [0.15, 0.2) is 0 Å². The highest BCUT2D eigenvalue weighted by Crippen LogP contribution is 2.28. The Labute approximate surface area is 177 Å². The molecule has 0 spiro atoms. The predicted octanol–water partition coefficient (Wildman–Crippen LogP) is 2.60. The number of hydrogen-bond acceptors (Lipinski definition) is 5. The Morgan fingerprint density at radius 1 is 1.41 bits per heavy atom. The summed E-state index contributed by atoms with van der Waals surface area (Å²) in [4.78, 5) is 0. The minimum absolute atomic E-state index is 0.217. The van der Waals surface area contributed by atoms with Crippen molar-refractivity contribution in [2.45, 2.75) is 32.9 Å². The summed E-state index contributed by atoms with van der Waals surface area (Å²) < 4.78 is 27.6. The normalized spacial score (nSPS) is 15.1. The maximum Gasteiger partial charge on any atom is 0.491 e. The zero-order valence-electron chi connectivity index (χ0n) is 16.8. The number of methoxy groups -OCH3 is 1. The van der Waals surface area contributed by atoms with Crippen LogP contribution in [0.2, 0.25) is 0 Å². The van der Waals surface area contributed by atoms with E-state index in [1.165, 1.54) is 12.1 Å². The minimum Gasteiger partial charge on any atom is -0.481 e. The van der Waals surface area contributed by atoms with E-state index in [1.807, 2.05) is 24.1 Å². The molecule has 1 aromatic carbocycles. The Kier molecular flexibility index (Phi) is 6.76. The zero-order chi connectivity index (χ0) is 21.1. The Morgan fingerprint density at radius 3 is 2.83 bits per heavy atom. The third-order valence-corrected chi connectivity index (χ3v) is 5.35. The first-order chi connectivity index (χ1) is 13.8.